The first kappa shape index (κ1) is 12.3. The molecule has 1 aromatic carbocycles. The van der Waals surface area contributed by atoms with Crippen LogP contribution in [0.2, 0.25) is 0 Å². The van der Waals surface area contributed by atoms with Crippen LogP contribution in [0.1, 0.15) is 27.1 Å². The van der Waals surface area contributed by atoms with Gasteiger partial charge in [-0.25, -0.2) is 0 Å². The van der Waals surface area contributed by atoms with E-state index in [9.17, 15) is 0 Å². The van der Waals surface area contributed by atoms with Gasteiger partial charge in [0, 0.05) is 11.4 Å². The Morgan fingerprint density at radius 1 is 1.06 bits per heavy atom. The number of benzene rings is 1. The standard InChI is InChI=1S/C15H19NS/c1-9-7-10(2)12(4)15(11(9)3)13-5-6-17-14(13)8-16/h5-7H,8,16H2,1-4H3. The molecule has 0 aliphatic carbocycles. The fraction of sp³-hybridized carbons (Fsp3) is 0.333. The third-order valence-electron chi connectivity index (χ3n) is 3.57. The molecule has 0 aliphatic heterocycles. The normalized spacial score (nSPS) is 10.9. The zero-order valence-corrected chi connectivity index (χ0v) is 11.7. The summed E-state index contributed by atoms with van der Waals surface area (Å²) in [6.45, 7) is 9.39. The first-order chi connectivity index (χ1) is 8.06. The van der Waals surface area contributed by atoms with Crippen molar-refractivity contribution in [2.45, 2.75) is 34.2 Å². The Kier molecular flexibility index (Phi) is 3.36. The Labute approximate surface area is 107 Å². The number of aryl methyl sites for hydroxylation is 2. The van der Waals surface area contributed by atoms with Crippen LogP contribution in [-0.2, 0) is 6.54 Å². The molecule has 0 bridgehead atoms. The van der Waals surface area contributed by atoms with Gasteiger partial charge in [0.25, 0.3) is 0 Å². The van der Waals surface area contributed by atoms with E-state index in [0.29, 0.717) is 6.54 Å². The van der Waals surface area contributed by atoms with Crippen molar-refractivity contribution in [3.63, 3.8) is 0 Å². The lowest BCUT2D eigenvalue weighted by Gasteiger charge is -2.15. The van der Waals surface area contributed by atoms with E-state index >= 15 is 0 Å². The summed E-state index contributed by atoms with van der Waals surface area (Å²) in [6.07, 6.45) is 0. The van der Waals surface area contributed by atoms with Gasteiger partial charge >= 0.3 is 0 Å². The third kappa shape index (κ3) is 2.03. The highest BCUT2D eigenvalue weighted by Gasteiger charge is 2.13. The number of hydrogen-bond donors (Lipinski definition) is 1. The monoisotopic (exact) mass is 245 g/mol. The highest BCUT2D eigenvalue weighted by molar-refractivity contribution is 7.10. The van der Waals surface area contributed by atoms with Crippen molar-refractivity contribution in [1.29, 1.82) is 0 Å². The quantitative estimate of drug-likeness (QED) is 0.846. The third-order valence-corrected chi connectivity index (χ3v) is 4.51. The summed E-state index contributed by atoms with van der Waals surface area (Å²) in [5.74, 6) is 0. The van der Waals surface area contributed by atoms with Gasteiger partial charge in [-0.05, 0) is 72.5 Å². The molecule has 0 saturated heterocycles. The minimum Gasteiger partial charge on any atom is -0.326 e. The molecule has 0 fully saturated rings. The van der Waals surface area contributed by atoms with Crippen molar-refractivity contribution in [2.75, 3.05) is 0 Å². The maximum absolute atomic E-state index is 5.82. The van der Waals surface area contributed by atoms with Crippen LogP contribution in [0.5, 0.6) is 0 Å². The van der Waals surface area contributed by atoms with Gasteiger partial charge < -0.3 is 5.73 Å². The molecule has 0 aliphatic rings. The molecule has 2 heteroatoms. The Hall–Kier alpha value is -1.12. The summed E-state index contributed by atoms with van der Waals surface area (Å²) in [7, 11) is 0. The van der Waals surface area contributed by atoms with Gasteiger partial charge in [-0.2, -0.15) is 0 Å². The highest BCUT2D eigenvalue weighted by Crippen LogP contribution is 2.35. The van der Waals surface area contributed by atoms with Gasteiger partial charge in [0.15, 0.2) is 0 Å². The second kappa shape index (κ2) is 4.63. The molecule has 1 nitrogen and oxygen atoms in total. The van der Waals surface area contributed by atoms with Crippen molar-refractivity contribution in [1.82, 2.24) is 0 Å². The van der Waals surface area contributed by atoms with Crippen LogP contribution in [0.15, 0.2) is 17.5 Å². The van der Waals surface area contributed by atoms with E-state index in [2.05, 4.69) is 45.2 Å². The van der Waals surface area contributed by atoms with E-state index in [1.54, 1.807) is 11.3 Å². The van der Waals surface area contributed by atoms with E-state index in [1.165, 1.54) is 38.3 Å². The summed E-state index contributed by atoms with van der Waals surface area (Å²) in [4.78, 5) is 1.28. The van der Waals surface area contributed by atoms with Gasteiger partial charge in [-0.3, -0.25) is 0 Å². The average molecular weight is 245 g/mol. The first-order valence-corrected chi connectivity index (χ1v) is 6.78. The van der Waals surface area contributed by atoms with Crippen LogP contribution in [-0.4, -0.2) is 0 Å². The van der Waals surface area contributed by atoms with Crippen molar-refractivity contribution in [3.05, 3.63) is 44.6 Å². The summed E-state index contributed by atoms with van der Waals surface area (Å²) in [6, 6.07) is 4.46. The van der Waals surface area contributed by atoms with Crippen LogP contribution < -0.4 is 5.73 Å². The maximum atomic E-state index is 5.82. The fourth-order valence-electron chi connectivity index (χ4n) is 2.34. The van der Waals surface area contributed by atoms with Gasteiger partial charge in [0.2, 0.25) is 0 Å². The average Bonchev–Trinajstić information content (AvgIpc) is 2.75. The number of hydrogen-bond acceptors (Lipinski definition) is 2. The molecule has 2 rings (SSSR count). The van der Waals surface area contributed by atoms with Crippen molar-refractivity contribution in [2.24, 2.45) is 5.73 Å². The van der Waals surface area contributed by atoms with E-state index in [-0.39, 0.29) is 0 Å². The zero-order valence-electron chi connectivity index (χ0n) is 10.9. The molecule has 0 amide bonds. The summed E-state index contributed by atoms with van der Waals surface area (Å²) >= 11 is 1.75. The summed E-state index contributed by atoms with van der Waals surface area (Å²) < 4.78 is 0. The topological polar surface area (TPSA) is 26.0 Å². The number of thiophene rings is 1. The van der Waals surface area contributed by atoms with Crippen LogP contribution in [0.4, 0.5) is 0 Å². The predicted molar refractivity (Wildman–Crippen MR) is 76.6 cm³/mol. The van der Waals surface area contributed by atoms with E-state index in [4.69, 9.17) is 5.73 Å². The van der Waals surface area contributed by atoms with Gasteiger partial charge in [0.1, 0.15) is 0 Å². The van der Waals surface area contributed by atoms with Crippen LogP contribution in [0.3, 0.4) is 0 Å². The molecule has 1 aromatic heterocycles. The SMILES string of the molecule is Cc1cc(C)c(C)c(-c2ccsc2CN)c1C. The predicted octanol–water partition coefficient (Wildman–Crippen LogP) is 4.11. The van der Waals surface area contributed by atoms with Crippen LogP contribution in [0, 0.1) is 27.7 Å². The molecule has 0 unspecified atom stereocenters. The maximum Gasteiger partial charge on any atom is 0.0280 e. The Morgan fingerprint density at radius 3 is 2.18 bits per heavy atom. The molecule has 2 N–H and O–H groups in total. The second-order valence-corrected chi connectivity index (χ2v) is 5.60. The van der Waals surface area contributed by atoms with Gasteiger partial charge in [0.05, 0.1) is 0 Å². The highest BCUT2D eigenvalue weighted by atomic mass is 32.1. The Balaban J connectivity index is 2.75. The molecule has 0 spiro atoms. The molecule has 90 valence electrons. The van der Waals surface area contributed by atoms with Crippen LogP contribution in [0.25, 0.3) is 11.1 Å². The summed E-state index contributed by atoms with van der Waals surface area (Å²) in [5.41, 5.74) is 14.0. The largest absolute Gasteiger partial charge is 0.326 e. The Morgan fingerprint density at radius 2 is 1.65 bits per heavy atom. The molecule has 0 saturated carbocycles. The smallest absolute Gasteiger partial charge is 0.0280 e. The molecule has 0 radical (unpaired) electrons. The lowest BCUT2D eigenvalue weighted by atomic mass is 9.90. The van der Waals surface area contributed by atoms with Crippen molar-refractivity contribution >= 4 is 11.3 Å². The Bertz CT molecular complexity index is 526. The number of nitrogens with two attached hydrogens (primary N) is 1. The van der Waals surface area contributed by atoms with Gasteiger partial charge in [-0.1, -0.05) is 6.07 Å². The first-order valence-electron chi connectivity index (χ1n) is 5.90. The molecule has 17 heavy (non-hydrogen) atoms. The lowest BCUT2D eigenvalue weighted by Crippen LogP contribution is -1.99. The lowest BCUT2D eigenvalue weighted by molar-refractivity contribution is 1.11. The fourth-order valence-corrected chi connectivity index (χ4v) is 3.10. The zero-order chi connectivity index (χ0) is 12.6. The molecule has 0 atom stereocenters. The van der Waals surface area contributed by atoms with E-state index in [1.807, 2.05) is 0 Å². The molecular formula is C15H19NS. The minimum atomic E-state index is 0.624. The van der Waals surface area contributed by atoms with E-state index < -0.39 is 0 Å². The minimum absolute atomic E-state index is 0.624. The second-order valence-electron chi connectivity index (χ2n) is 4.60. The molecular weight excluding hydrogens is 226 g/mol. The van der Waals surface area contributed by atoms with Gasteiger partial charge in [-0.15, -0.1) is 11.3 Å². The van der Waals surface area contributed by atoms with Crippen molar-refractivity contribution in [3.8, 4) is 11.1 Å². The molecule has 1 heterocycles. The van der Waals surface area contributed by atoms with E-state index in [0.717, 1.165) is 0 Å². The van der Waals surface area contributed by atoms with Crippen LogP contribution >= 0.6 is 11.3 Å². The number of rotatable bonds is 2. The van der Waals surface area contributed by atoms with Crippen molar-refractivity contribution < 1.29 is 0 Å². The summed E-state index contributed by atoms with van der Waals surface area (Å²) in [5, 5.41) is 2.13. The molecule has 2 aromatic rings.